The van der Waals surface area contributed by atoms with Crippen molar-refractivity contribution in [3.8, 4) is 0 Å². The van der Waals surface area contributed by atoms with E-state index in [2.05, 4.69) is 10.0 Å². The van der Waals surface area contributed by atoms with Crippen LogP contribution in [-0.2, 0) is 4.79 Å². The van der Waals surface area contributed by atoms with Crippen LogP contribution < -0.4 is 0 Å². The Morgan fingerprint density at radius 3 is 2.45 bits per heavy atom. The van der Waals surface area contributed by atoms with Gasteiger partial charge in [0.2, 0.25) is 0 Å². The summed E-state index contributed by atoms with van der Waals surface area (Å²) < 4.78 is 0. The zero-order valence-electron chi connectivity index (χ0n) is 7.11. The van der Waals surface area contributed by atoms with Crippen LogP contribution in [0.15, 0.2) is 5.11 Å². The van der Waals surface area contributed by atoms with Gasteiger partial charge in [0, 0.05) is 10.8 Å². The fourth-order valence-corrected chi connectivity index (χ4v) is 0.617. The minimum Gasteiger partial charge on any atom is -0.299 e. The molecule has 62 valence electrons. The lowest BCUT2D eigenvalue weighted by molar-refractivity contribution is -0.122. The number of Topliss-reactive ketones (excluding diaryl/α,β-unsaturated/α-hetero) is 1. The number of hydrogen-bond acceptors (Lipinski definition) is 2. The Morgan fingerprint density at radius 2 is 2.09 bits per heavy atom. The summed E-state index contributed by atoms with van der Waals surface area (Å²) in [5, 5.41) is 3.21. The molecule has 4 nitrogen and oxygen atoms in total. The second-order valence-corrected chi connectivity index (χ2v) is 2.89. The Balaban J connectivity index is 3.92. The van der Waals surface area contributed by atoms with Gasteiger partial charge >= 0.3 is 0 Å². The summed E-state index contributed by atoms with van der Waals surface area (Å²) in [5.41, 5.74) is 7.94. The van der Waals surface area contributed by atoms with Gasteiger partial charge in [0.05, 0.1) is 6.54 Å². The molecule has 0 radical (unpaired) electrons. The third-order valence-corrected chi connectivity index (χ3v) is 1.80. The molecule has 0 spiro atoms. The lowest BCUT2D eigenvalue weighted by Gasteiger charge is -2.11. The molecule has 0 fully saturated rings. The zero-order valence-corrected chi connectivity index (χ0v) is 7.11. The molecule has 0 aromatic heterocycles. The van der Waals surface area contributed by atoms with Crippen LogP contribution in [-0.4, -0.2) is 12.3 Å². The first-order chi connectivity index (χ1) is 5.09. The highest BCUT2D eigenvalue weighted by Gasteiger charge is 2.14. The molecule has 0 unspecified atom stereocenters. The lowest BCUT2D eigenvalue weighted by Crippen LogP contribution is -2.18. The maximum Gasteiger partial charge on any atom is 0.141 e. The summed E-state index contributed by atoms with van der Waals surface area (Å²) in [6, 6.07) is 0. The fourth-order valence-electron chi connectivity index (χ4n) is 0.617. The van der Waals surface area contributed by atoms with Crippen LogP contribution in [0.2, 0.25) is 0 Å². The maximum atomic E-state index is 11.1. The first kappa shape index (κ1) is 9.98. The summed E-state index contributed by atoms with van der Waals surface area (Å²) in [4.78, 5) is 13.6. The van der Waals surface area contributed by atoms with Crippen molar-refractivity contribution in [2.24, 2.45) is 17.0 Å². The average molecular weight is 155 g/mol. The van der Waals surface area contributed by atoms with Crippen molar-refractivity contribution in [1.82, 2.24) is 0 Å². The van der Waals surface area contributed by atoms with E-state index in [0.29, 0.717) is 5.92 Å². The Bertz CT molecular complexity index is 182. The van der Waals surface area contributed by atoms with Gasteiger partial charge in [-0.25, -0.2) is 0 Å². The molecule has 11 heavy (non-hydrogen) atoms. The zero-order chi connectivity index (χ0) is 8.85. The van der Waals surface area contributed by atoms with Crippen LogP contribution in [0.1, 0.15) is 20.8 Å². The minimum atomic E-state index is -0.0180. The summed E-state index contributed by atoms with van der Waals surface area (Å²) in [6.07, 6.45) is 0. The molecule has 0 aliphatic rings. The van der Waals surface area contributed by atoms with Gasteiger partial charge in [0.25, 0.3) is 0 Å². The molecule has 0 rings (SSSR count). The molecule has 0 aliphatic heterocycles. The van der Waals surface area contributed by atoms with Gasteiger partial charge in [-0.3, -0.25) is 4.79 Å². The van der Waals surface area contributed by atoms with Crippen molar-refractivity contribution in [3.05, 3.63) is 10.4 Å². The van der Waals surface area contributed by atoms with Crippen molar-refractivity contribution >= 4 is 5.78 Å². The third kappa shape index (κ3) is 3.63. The SMILES string of the molecule is CC(C)[C@H](C)C(=O)CN=[N+]=[N-]. The highest BCUT2D eigenvalue weighted by Crippen LogP contribution is 2.10. The molecular weight excluding hydrogens is 142 g/mol. The van der Waals surface area contributed by atoms with Crippen molar-refractivity contribution in [2.75, 3.05) is 6.54 Å². The van der Waals surface area contributed by atoms with Crippen LogP contribution in [0.25, 0.3) is 10.4 Å². The number of rotatable bonds is 4. The Morgan fingerprint density at radius 1 is 1.55 bits per heavy atom. The second kappa shape index (κ2) is 4.74. The minimum absolute atomic E-state index is 0.0119. The van der Waals surface area contributed by atoms with Crippen LogP contribution in [0, 0.1) is 11.8 Å². The molecule has 0 aromatic rings. The summed E-state index contributed by atoms with van der Waals surface area (Å²) in [6.45, 7) is 5.77. The number of carbonyl (C=O) groups excluding carboxylic acids is 1. The molecule has 0 amide bonds. The van der Waals surface area contributed by atoms with Gasteiger partial charge in [0.1, 0.15) is 5.78 Å². The van der Waals surface area contributed by atoms with Crippen molar-refractivity contribution in [1.29, 1.82) is 0 Å². The fraction of sp³-hybridized carbons (Fsp3) is 0.857. The van der Waals surface area contributed by atoms with Gasteiger partial charge in [0.15, 0.2) is 0 Å². The number of carbonyl (C=O) groups is 1. The van der Waals surface area contributed by atoms with Crippen LogP contribution in [0.3, 0.4) is 0 Å². The summed E-state index contributed by atoms with van der Waals surface area (Å²) in [5.74, 6) is 0.315. The molecule has 4 heteroatoms. The van der Waals surface area contributed by atoms with E-state index in [4.69, 9.17) is 5.53 Å². The van der Waals surface area contributed by atoms with Crippen LogP contribution >= 0.6 is 0 Å². The number of ketones is 1. The lowest BCUT2D eigenvalue weighted by atomic mass is 9.94. The maximum absolute atomic E-state index is 11.1. The van der Waals surface area contributed by atoms with E-state index in [1.807, 2.05) is 20.8 Å². The Labute approximate surface area is 66.2 Å². The molecular formula is C7H13N3O. The van der Waals surface area contributed by atoms with Crippen LogP contribution in [0.5, 0.6) is 0 Å². The predicted molar refractivity (Wildman–Crippen MR) is 43.0 cm³/mol. The van der Waals surface area contributed by atoms with Crippen LogP contribution in [0.4, 0.5) is 0 Å². The Hall–Kier alpha value is -1.02. The summed E-state index contributed by atoms with van der Waals surface area (Å²) >= 11 is 0. The van der Waals surface area contributed by atoms with Crippen molar-refractivity contribution < 1.29 is 4.79 Å². The van der Waals surface area contributed by atoms with Gasteiger partial charge < -0.3 is 0 Å². The van der Waals surface area contributed by atoms with E-state index < -0.39 is 0 Å². The van der Waals surface area contributed by atoms with E-state index in [1.165, 1.54) is 0 Å². The van der Waals surface area contributed by atoms with E-state index in [-0.39, 0.29) is 18.2 Å². The smallest absolute Gasteiger partial charge is 0.141 e. The number of azide groups is 1. The van der Waals surface area contributed by atoms with E-state index >= 15 is 0 Å². The largest absolute Gasteiger partial charge is 0.299 e. The highest BCUT2D eigenvalue weighted by molar-refractivity contribution is 5.82. The summed E-state index contributed by atoms with van der Waals surface area (Å²) in [7, 11) is 0. The molecule has 0 saturated heterocycles. The van der Waals surface area contributed by atoms with Gasteiger partial charge in [-0.05, 0) is 11.4 Å². The molecule has 0 bridgehead atoms. The third-order valence-electron chi connectivity index (χ3n) is 1.80. The topological polar surface area (TPSA) is 65.8 Å². The van der Waals surface area contributed by atoms with Gasteiger partial charge in [-0.2, -0.15) is 0 Å². The first-order valence-electron chi connectivity index (χ1n) is 3.63. The van der Waals surface area contributed by atoms with Gasteiger partial charge in [-0.1, -0.05) is 25.9 Å². The highest BCUT2D eigenvalue weighted by atomic mass is 16.1. The van der Waals surface area contributed by atoms with Crippen molar-refractivity contribution in [3.63, 3.8) is 0 Å². The molecule has 0 aliphatic carbocycles. The van der Waals surface area contributed by atoms with E-state index in [9.17, 15) is 4.79 Å². The molecule has 0 aromatic carbocycles. The number of hydrogen-bond donors (Lipinski definition) is 0. The van der Waals surface area contributed by atoms with E-state index in [0.717, 1.165) is 0 Å². The Kier molecular flexibility index (Phi) is 4.30. The monoisotopic (exact) mass is 155 g/mol. The molecule has 0 heterocycles. The van der Waals surface area contributed by atoms with Crippen molar-refractivity contribution in [2.45, 2.75) is 20.8 Å². The van der Waals surface area contributed by atoms with E-state index in [1.54, 1.807) is 0 Å². The quantitative estimate of drug-likeness (QED) is 0.348. The van der Waals surface area contributed by atoms with Gasteiger partial charge in [-0.15, -0.1) is 0 Å². The average Bonchev–Trinajstić information content (AvgIpc) is 1.98. The molecule has 0 saturated carbocycles. The number of nitrogens with zero attached hydrogens (tertiary/aromatic N) is 3. The predicted octanol–water partition coefficient (Wildman–Crippen LogP) is 2.16. The second-order valence-electron chi connectivity index (χ2n) is 2.89. The molecule has 0 N–H and O–H groups in total. The normalized spacial score (nSPS) is 12.4. The molecule has 1 atom stereocenters. The standard InChI is InChI=1S/C7H13N3O/c1-5(2)6(3)7(11)4-9-10-8/h5-6H,4H2,1-3H3/t6-/m0/s1. The first-order valence-corrected chi connectivity index (χ1v) is 3.63.